The average molecular weight is 190 g/mol. The molecule has 0 fully saturated rings. The van der Waals surface area contributed by atoms with Crippen molar-refractivity contribution in [2.45, 2.75) is 0 Å². The maximum atomic E-state index is 5.98. The summed E-state index contributed by atoms with van der Waals surface area (Å²) in [5.41, 5.74) is 1.72. The van der Waals surface area contributed by atoms with Gasteiger partial charge in [-0.1, -0.05) is 29.8 Å². The van der Waals surface area contributed by atoms with Crippen molar-refractivity contribution >= 4 is 11.6 Å². The largest absolute Gasteiger partial charge is 0.244 e. The first-order chi connectivity index (χ1) is 6.38. The molecule has 63 valence electrons. The van der Waals surface area contributed by atoms with Crippen molar-refractivity contribution in [3.8, 4) is 11.1 Å². The average Bonchev–Trinajstić information content (AvgIpc) is 2.20. The normalized spacial score (nSPS) is 9.92. The molecule has 3 heteroatoms. The van der Waals surface area contributed by atoms with Gasteiger partial charge in [-0.05, 0) is 6.07 Å². The van der Waals surface area contributed by atoms with Crippen LogP contribution in [0.15, 0.2) is 36.8 Å². The Bertz CT molecular complexity index is 401. The third-order valence-corrected chi connectivity index (χ3v) is 2.01. The van der Waals surface area contributed by atoms with Crippen molar-refractivity contribution in [3.63, 3.8) is 0 Å². The molecule has 0 unspecified atom stereocenters. The first-order valence-corrected chi connectivity index (χ1v) is 4.18. The monoisotopic (exact) mass is 189 g/mol. The zero-order valence-corrected chi connectivity index (χ0v) is 7.49. The van der Waals surface area contributed by atoms with E-state index in [2.05, 4.69) is 16.2 Å². The Morgan fingerprint density at radius 3 is 2.77 bits per heavy atom. The van der Waals surface area contributed by atoms with Crippen molar-refractivity contribution in [3.05, 3.63) is 48.0 Å². The molecule has 2 rings (SSSR count). The molecule has 1 aromatic carbocycles. The highest BCUT2D eigenvalue weighted by Gasteiger charge is 2.01. The minimum absolute atomic E-state index is 0.688. The standard InChI is InChI=1S/C10H6ClN2/c11-10-4-2-1-3-9(10)8-5-12-7-13-6-8/h1-5,7H. The fourth-order valence-corrected chi connectivity index (χ4v) is 1.32. The highest BCUT2D eigenvalue weighted by molar-refractivity contribution is 6.33. The molecule has 0 amide bonds. The summed E-state index contributed by atoms with van der Waals surface area (Å²) in [4.78, 5) is 7.71. The number of nitrogens with zero attached hydrogens (tertiary/aromatic N) is 2. The summed E-state index contributed by atoms with van der Waals surface area (Å²) in [6.45, 7) is 0. The maximum Gasteiger partial charge on any atom is 0.116 e. The number of hydrogen-bond acceptors (Lipinski definition) is 2. The summed E-state index contributed by atoms with van der Waals surface area (Å²) in [6.07, 6.45) is 5.96. The summed E-state index contributed by atoms with van der Waals surface area (Å²) in [7, 11) is 0. The van der Waals surface area contributed by atoms with Gasteiger partial charge in [0.1, 0.15) is 12.5 Å². The van der Waals surface area contributed by atoms with Crippen LogP contribution >= 0.6 is 11.6 Å². The van der Waals surface area contributed by atoms with Gasteiger partial charge < -0.3 is 0 Å². The van der Waals surface area contributed by atoms with Gasteiger partial charge in [0.25, 0.3) is 0 Å². The molecular formula is C10H6ClN2. The van der Waals surface area contributed by atoms with E-state index in [-0.39, 0.29) is 0 Å². The molecule has 0 bridgehead atoms. The van der Waals surface area contributed by atoms with Gasteiger partial charge in [0, 0.05) is 22.3 Å². The minimum atomic E-state index is 0.688. The molecule has 1 heterocycles. The molecule has 1 radical (unpaired) electrons. The molecule has 0 N–H and O–H groups in total. The highest BCUT2D eigenvalue weighted by atomic mass is 35.5. The number of benzene rings is 1. The Balaban J connectivity index is 2.54. The summed E-state index contributed by atoms with van der Waals surface area (Å²) < 4.78 is 0. The molecule has 2 nitrogen and oxygen atoms in total. The SMILES string of the molecule is Clc1ccccc1-c1[c]ncnc1. The van der Waals surface area contributed by atoms with Crippen molar-refractivity contribution in [1.29, 1.82) is 0 Å². The number of halogens is 1. The van der Waals surface area contributed by atoms with E-state index in [1.165, 1.54) is 6.33 Å². The lowest BCUT2D eigenvalue weighted by molar-refractivity contribution is 1.16. The predicted molar refractivity (Wildman–Crippen MR) is 51.3 cm³/mol. The summed E-state index contributed by atoms with van der Waals surface area (Å²) in [6, 6.07) is 7.55. The Kier molecular flexibility index (Phi) is 2.23. The number of aromatic nitrogens is 2. The van der Waals surface area contributed by atoms with Crippen LogP contribution in [-0.4, -0.2) is 9.97 Å². The highest BCUT2D eigenvalue weighted by Crippen LogP contribution is 2.25. The predicted octanol–water partition coefficient (Wildman–Crippen LogP) is 2.60. The van der Waals surface area contributed by atoms with Gasteiger partial charge in [-0.15, -0.1) is 0 Å². The summed E-state index contributed by atoms with van der Waals surface area (Å²) in [5, 5.41) is 0.688. The van der Waals surface area contributed by atoms with Gasteiger partial charge in [0.05, 0.1) is 0 Å². The van der Waals surface area contributed by atoms with Crippen LogP contribution in [0.1, 0.15) is 0 Å². The second-order valence-electron chi connectivity index (χ2n) is 2.53. The molecule has 0 aliphatic heterocycles. The van der Waals surface area contributed by atoms with Crippen LogP contribution in [0.3, 0.4) is 0 Å². The lowest BCUT2D eigenvalue weighted by Gasteiger charge is -2.00. The van der Waals surface area contributed by atoms with Crippen molar-refractivity contribution in [2.24, 2.45) is 0 Å². The van der Waals surface area contributed by atoms with E-state index >= 15 is 0 Å². The summed E-state index contributed by atoms with van der Waals surface area (Å²) >= 11 is 5.98. The van der Waals surface area contributed by atoms with Crippen molar-refractivity contribution < 1.29 is 0 Å². The molecule has 0 aliphatic rings. The molecule has 0 spiro atoms. The van der Waals surface area contributed by atoms with Crippen molar-refractivity contribution in [1.82, 2.24) is 9.97 Å². The van der Waals surface area contributed by atoms with E-state index in [0.29, 0.717) is 5.02 Å². The molecule has 1 aromatic heterocycles. The third-order valence-electron chi connectivity index (χ3n) is 1.68. The fourth-order valence-electron chi connectivity index (χ4n) is 1.08. The van der Waals surface area contributed by atoms with E-state index in [1.807, 2.05) is 24.3 Å². The Morgan fingerprint density at radius 2 is 2.08 bits per heavy atom. The molecule has 0 saturated heterocycles. The molecule has 0 saturated carbocycles. The number of rotatable bonds is 1. The zero-order chi connectivity index (χ0) is 9.10. The minimum Gasteiger partial charge on any atom is -0.244 e. The molecule has 13 heavy (non-hydrogen) atoms. The lowest BCUT2D eigenvalue weighted by atomic mass is 10.1. The van der Waals surface area contributed by atoms with Crippen LogP contribution in [0.5, 0.6) is 0 Å². The van der Waals surface area contributed by atoms with Gasteiger partial charge in [0.2, 0.25) is 0 Å². The van der Waals surface area contributed by atoms with Crippen LogP contribution in [0.2, 0.25) is 5.02 Å². The maximum absolute atomic E-state index is 5.98. The van der Waals surface area contributed by atoms with Gasteiger partial charge in [-0.25, -0.2) is 9.97 Å². The molecule has 2 aromatic rings. The van der Waals surface area contributed by atoms with Gasteiger partial charge >= 0.3 is 0 Å². The Hall–Kier alpha value is -1.41. The van der Waals surface area contributed by atoms with Crippen molar-refractivity contribution in [2.75, 3.05) is 0 Å². The fraction of sp³-hybridized carbons (Fsp3) is 0. The van der Waals surface area contributed by atoms with Gasteiger partial charge in [0.15, 0.2) is 0 Å². The second-order valence-corrected chi connectivity index (χ2v) is 2.94. The topological polar surface area (TPSA) is 25.8 Å². The van der Waals surface area contributed by atoms with Crippen LogP contribution in [-0.2, 0) is 0 Å². The first-order valence-electron chi connectivity index (χ1n) is 3.80. The first kappa shape index (κ1) is 8.20. The second kappa shape index (κ2) is 3.54. The molecule has 0 aliphatic carbocycles. The van der Waals surface area contributed by atoms with E-state index in [0.717, 1.165) is 11.1 Å². The van der Waals surface area contributed by atoms with E-state index in [1.54, 1.807) is 6.20 Å². The quantitative estimate of drug-likeness (QED) is 0.689. The van der Waals surface area contributed by atoms with Crippen LogP contribution < -0.4 is 0 Å². The Labute approximate surface area is 81.2 Å². The van der Waals surface area contributed by atoms with E-state index in [9.17, 15) is 0 Å². The van der Waals surface area contributed by atoms with Gasteiger partial charge in [-0.3, -0.25) is 0 Å². The smallest absolute Gasteiger partial charge is 0.116 e. The van der Waals surface area contributed by atoms with Crippen LogP contribution in [0.4, 0.5) is 0 Å². The summed E-state index contributed by atoms with van der Waals surface area (Å²) in [5.74, 6) is 0. The van der Waals surface area contributed by atoms with Crippen LogP contribution in [0.25, 0.3) is 11.1 Å². The Morgan fingerprint density at radius 1 is 1.23 bits per heavy atom. The molecule has 0 atom stereocenters. The van der Waals surface area contributed by atoms with Gasteiger partial charge in [-0.2, -0.15) is 0 Å². The number of hydrogen-bond donors (Lipinski definition) is 0. The zero-order valence-electron chi connectivity index (χ0n) is 6.74. The molecular weight excluding hydrogens is 184 g/mol. The lowest BCUT2D eigenvalue weighted by Crippen LogP contribution is -1.82. The third kappa shape index (κ3) is 1.68. The van der Waals surface area contributed by atoms with Crippen LogP contribution in [0, 0.1) is 6.20 Å². The van der Waals surface area contributed by atoms with E-state index in [4.69, 9.17) is 11.6 Å². The van der Waals surface area contributed by atoms with E-state index < -0.39 is 0 Å².